The van der Waals surface area contributed by atoms with Gasteiger partial charge < -0.3 is 55.0 Å². The Morgan fingerprint density at radius 2 is 0.730 bits per heavy atom. The first-order valence-electron chi connectivity index (χ1n) is 30.6. The minimum Gasteiger partial charge on any atom is -0.497 e. The molecule has 0 amide bonds. The largest absolute Gasteiger partial charge is 0.497 e. The van der Waals surface area contributed by atoms with Gasteiger partial charge in [0.25, 0.3) is 0 Å². The lowest BCUT2D eigenvalue weighted by Crippen LogP contribution is -2.30. The van der Waals surface area contributed by atoms with Crippen molar-refractivity contribution in [3.05, 3.63) is 141 Å². The maximum absolute atomic E-state index is 14.4. The number of esters is 2. The van der Waals surface area contributed by atoms with Crippen molar-refractivity contribution in [3.63, 3.8) is 0 Å². The molecule has 14 nitrogen and oxygen atoms in total. The monoisotopic (exact) mass is 1260 g/mol. The Morgan fingerprint density at radius 1 is 0.416 bits per heavy atom. The van der Waals surface area contributed by atoms with Crippen LogP contribution in [0.25, 0.3) is 43.9 Å². The van der Waals surface area contributed by atoms with E-state index in [-0.39, 0.29) is 45.2 Å². The molecule has 0 aliphatic heterocycles. The second-order valence-corrected chi connectivity index (χ2v) is 31.7. The standard InChI is InChI=1S/C73H94O14P2/c1-23-61(76)80-28-29-81-62(77)40-73(20,45-24-26-59(53(34-45)67(2,3)4)82-88-84-63-49(30-43(41-74)32-55(63)69(8,9)10)50-31-44(42-75)33-56(64(50)85-88)70(11,12)13)46-25-27-60(54(35-46)68(5,6)7)83-89-86-65-51(36-47(78-21)38-57(65)71(14,15)16)52-37-48(79-22)39-58(66(52)87-89)72(17,18)19/h24-27,30-39,74-75H,23,28-29,40-42H2,1-22H3. The quantitative estimate of drug-likeness (QED) is 0.0688. The van der Waals surface area contributed by atoms with Crippen LogP contribution in [0.4, 0.5) is 0 Å². The summed E-state index contributed by atoms with van der Waals surface area (Å²) in [4.78, 5) is 26.6. The number of fused-ring (bicyclic) bond motifs is 6. The Bertz CT molecular complexity index is 3640. The van der Waals surface area contributed by atoms with Crippen molar-refractivity contribution in [2.24, 2.45) is 0 Å². The normalized spacial score (nSPS) is 13.4. The van der Waals surface area contributed by atoms with Crippen molar-refractivity contribution in [1.29, 1.82) is 0 Å². The fourth-order valence-corrected chi connectivity index (χ4v) is 13.4. The average molecular weight is 1260 g/mol. The number of hydrogen-bond acceptors (Lipinski definition) is 14. The fourth-order valence-electron chi connectivity index (χ4n) is 11.2. The van der Waals surface area contributed by atoms with Gasteiger partial charge >= 0.3 is 28.4 Å². The Hall–Kier alpha value is -6.82. The number of carbonyl (C=O) groups is 2. The van der Waals surface area contributed by atoms with E-state index >= 15 is 0 Å². The second kappa shape index (κ2) is 25.5. The number of ether oxygens (including phenoxy) is 4. The van der Waals surface area contributed by atoms with Crippen LogP contribution in [0.2, 0.25) is 0 Å². The second-order valence-electron chi connectivity index (χ2n) is 29.7. The van der Waals surface area contributed by atoms with Gasteiger partial charge in [-0.05, 0) is 115 Å². The van der Waals surface area contributed by atoms with Gasteiger partial charge in [-0.3, -0.25) is 9.59 Å². The molecule has 89 heavy (non-hydrogen) atoms. The number of methoxy groups -OCH3 is 2. The zero-order valence-electron chi connectivity index (χ0n) is 56.5. The molecule has 1 atom stereocenters. The Labute approximate surface area is 527 Å². The highest BCUT2D eigenvalue weighted by atomic mass is 31.1. The maximum Gasteiger partial charge on any atom is 0.453 e. The molecule has 0 aliphatic rings. The predicted octanol–water partition coefficient (Wildman–Crippen LogP) is 19.6. The minimum absolute atomic E-state index is 0.0744. The van der Waals surface area contributed by atoms with Gasteiger partial charge in [-0.25, -0.2) is 0 Å². The number of carbonyl (C=O) groups excluding carboxylic acids is 2. The van der Waals surface area contributed by atoms with E-state index in [1.54, 1.807) is 21.1 Å². The molecule has 0 saturated heterocycles. The molecule has 6 aromatic carbocycles. The third-order valence-electron chi connectivity index (χ3n) is 16.3. The molecule has 1 unspecified atom stereocenters. The van der Waals surface area contributed by atoms with Gasteiger partial charge in [0.05, 0.1) is 33.9 Å². The Balaban J connectivity index is 1.35. The van der Waals surface area contributed by atoms with E-state index in [2.05, 4.69) is 137 Å². The number of aliphatic hydroxyl groups is 2. The van der Waals surface area contributed by atoms with E-state index in [0.29, 0.717) is 56.5 Å². The predicted molar refractivity (Wildman–Crippen MR) is 358 cm³/mol. The van der Waals surface area contributed by atoms with Crippen molar-refractivity contribution < 1.29 is 64.6 Å². The topological polar surface area (TPSA) is 183 Å². The van der Waals surface area contributed by atoms with Gasteiger partial charge in [0.15, 0.2) is 0 Å². The summed E-state index contributed by atoms with van der Waals surface area (Å²) in [7, 11) is -1.11. The molecule has 2 heterocycles. The number of rotatable bonds is 16. The zero-order valence-corrected chi connectivity index (χ0v) is 58.3. The van der Waals surface area contributed by atoms with E-state index in [4.69, 9.17) is 44.8 Å². The SMILES string of the molecule is CCC(=O)OCCOC(=O)CC(C)(c1ccc(Op2oc3c(C(C)(C)C)cc(CO)cc3c3cc(CO)cc(C(C)(C)C)c3o2)c(C(C)(C)C)c1)c1ccc(Op2oc3c(C(C)(C)C)cc(OC)cc3c3cc(OC)cc(C(C)(C)C)c3o2)c(C(C)(C)C)c1. The third-order valence-corrected chi connectivity index (χ3v) is 18.3. The van der Waals surface area contributed by atoms with Crippen molar-refractivity contribution >= 4 is 72.3 Å². The van der Waals surface area contributed by atoms with Crippen LogP contribution in [0, 0.1) is 0 Å². The summed E-state index contributed by atoms with van der Waals surface area (Å²) in [6.07, 6.45) is 0.0998. The smallest absolute Gasteiger partial charge is 0.453 e. The van der Waals surface area contributed by atoms with Gasteiger partial charge in [-0.1, -0.05) is 163 Å². The molecular weight excluding hydrogens is 1160 g/mol. The van der Waals surface area contributed by atoms with Crippen molar-refractivity contribution in [2.75, 3.05) is 27.4 Å². The summed E-state index contributed by atoms with van der Waals surface area (Å²) in [5, 5.41) is 24.3. The van der Waals surface area contributed by atoms with Crippen molar-refractivity contribution in [2.45, 2.75) is 202 Å². The first-order chi connectivity index (χ1) is 41.3. The molecule has 2 N–H and O–H groups in total. The summed E-state index contributed by atoms with van der Waals surface area (Å²) in [5.74, 6) is 1.52. The highest BCUT2D eigenvalue weighted by Crippen LogP contribution is 2.51. The number of aliphatic hydroxyl groups excluding tert-OH is 2. The van der Waals surface area contributed by atoms with Crippen LogP contribution in [0.15, 0.2) is 102 Å². The van der Waals surface area contributed by atoms with Crippen LogP contribution in [-0.2, 0) is 70.2 Å². The third kappa shape index (κ3) is 14.8. The van der Waals surface area contributed by atoms with Crippen LogP contribution >= 0.6 is 16.5 Å². The minimum atomic E-state index is -2.23. The molecule has 16 heteroatoms. The summed E-state index contributed by atoms with van der Waals surface area (Å²) >= 11 is 0. The molecule has 8 aromatic rings. The molecule has 0 aliphatic carbocycles. The first-order valence-corrected chi connectivity index (χ1v) is 32.8. The zero-order chi connectivity index (χ0) is 65.7. The lowest BCUT2D eigenvalue weighted by Gasteiger charge is -2.34. The lowest BCUT2D eigenvalue weighted by molar-refractivity contribution is -0.152. The average Bonchev–Trinajstić information content (AvgIpc) is 2.04. The molecule has 0 spiro atoms. The number of hydrogen-bond donors (Lipinski definition) is 2. The van der Waals surface area contributed by atoms with Gasteiger partial charge in [-0.2, -0.15) is 0 Å². The molecule has 8 rings (SSSR count). The summed E-state index contributed by atoms with van der Waals surface area (Å²) < 4.78 is 65.6. The van der Waals surface area contributed by atoms with E-state index in [1.807, 2.05) is 79.7 Å². The van der Waals surface area contributed by atoms with Crippen molar-refractivity contribution in [1.82, 2.24) is 0 Å². The van der Waals surface area contributed by atoms with Gasteiger partial charge in [0, 0.05) is 66.8 Å². The molecule has 480 valence electrons. The lowest BCUT2D eigenvalue weighted by atomic mass is 9.70. The molecule has 0 bridgehead atoms. The highest BCUT2D eigenvalue weighted by Gasteiger charge is 2.38. The van der Waals surface area contributed by atoms with Gasteiger partial charge in [0.2, 0.25) is 0 Å². The van der Waals surface area contributed by atoms with Crippen LogP contribution in [0.5, 0.6) is 23.0 Å². The fraction of sp³-hybridized carbons (Fsp3) is 0.479. The van der Waals surface area contributed by atoms with Crippen LogP contribution in [0.3, 0.4) is 0 Å². The van der Waals surface area contributed by atoms with Crippen LogP contribution in [-0.4, -0.2) is 49.6 Å². The first kappa shape index (κ1) is 68.1. The van der Waals surface area contributed by atoms with Crippen LogP contribution in [0.1, 0.15) is 207 Å². The van der Waals surface area contributed by atoms with Gasteiger partial charge in [0.1, 0.15) is 58.5 Å². The summed E-state index contributed by atoms with van der Waals surface area (Å²) in [5.41, 5.74) is 6.79. The van der Waals surface area contributed by atoms with Crippen molar-refractivity contribution in [3.8, 4) is 23.0 Å². The highest BCUT2D eigenvalue weighted by molar-refractivity contribution is 7.32. The summed E-state index contributed by atoms with van der Waals surface area (Å²) in [6, 6.07) is 27.8. The Kier molecular flexibility index (Phi) is 19.5. The molecule has 0 fully saturated rings. The van der Waals surface area contributed by atoms with E-state index in [0.717, 1.165) is 66.1 Å². The van der Waals surface area contributed by atoms with E-state index < -0.39 is 60.4 Å². The molecule has 0 saturated carbocycles. The van der Waals surface area contributed by atoms with Crippen LogP contribution < -0.4 is 18.5 Å². The molecule has 2 aromatic heterocycles. The van der Waals surface area contributed by atoms with E-state index in [1.165, 1.54) is 0 Å². The number of benzene rings is 6. The summed E-state index contributed by atoms with van der Waals surface area (Å²) in [6.45, 7) is 41.3. The molecular formula is C73H94O14P2. The van der Waals surface area contributed by atoms with Gasteiger partial charge in [-0.15, -0.1) is 0 Å². The van der Waals surface area contributed by atoms with E-state index in [9.17, 15) is 19.8 Å². The Morgan fingerprint density at radius 3 is 1.03 bits per heavy atom. The maximum atomic E-state index is 14.4. The molecule has 0 radical (unpaired) electrons.